The molecule has 6 nitrogen and oxygen atoms in total. The summed E-state index contributed by atoms with van der Waals surface area (Å²) in [5, 5.41) is 17.9. The molecule has 2 amide bonds. The molecule has 0 unspecified atom stereocenters. The fourth-order valence-corrected chi connectivity index (χ4v) is 1.99. The Morgan fingerprint density at radius 1 is 1.13 bits per heavy atom. The van der Waals surface area contributed by atoms with Crippen LogP contribution >= 0.6 is 0 Å². The normalized spacial score (nSPS) is 26.6. The van der Waals surface area contributed by atoms with E-state index in [-0.39, 0.29) is 11.8 Å². The first kappa shape index (κ1) is 10.2. The fourth-order valence-electron chi connectivity index (χ4n) is 1.99. The van der Waals surface area contributed by atoms with Crippen molar-refractivity contribution >= 4 is 12.0 Å². The molecule has 0 bridgehead atoms. The highest BCUT2D eigenvalue weighted by Gasteiger charge is 2.39. The Kier molecular flexibility index (Phi) is 2.52. The first-order valence-corrected chi connectivity index (χ1v) is 5.02. The van der Waals surface area contributed by atoms with Crippen molar-refractivity contribution in [1.29, 1.82) is 0 Å². The van der Waals surface area contributed by atoms with Gasteiger partial charge in [0.1, 0.15) is 0 Å². The number of amides is 2. The van der Waals surface area contributed by atoms with Crippen LogP contribution in [0.4, 0.5) is 4.79 Å². The molecule has 0 saturated carbocycles. The van der Waals surface area contributed by atoms with Gasteiger partial charge in [0.25, 0.3) is 0 Å². The van der Waals surface area contributed by atoms with Crippen LogP contribution in [-0.2, 0) is 4.79 Å². The van der Waals surface area contributed by atoms with E-state index < -0.39 is 12.2 Å². The van der Waals surface area contributed by atoms with E-state index in [0.29, 0.717) is 32.6 Å². The van der Waals surface area contributed by atoms with Gasteiger partial charge in [0.15, 0.2) is 0 Å². The van der Waals surface area contributed by atoms with Crippen LogP contribution in [0.25, 0.3) is 0 Å². The molecule has 0 radical (unpaired) electrons. The number of hydrogen-bond acceptors (Lipinski definition) is 3. The average Bonchev–Trinajstić information content (AvgIpc) is 2.48. The third-order valence-corrected chi connectivity index (χ3v) is 2.98. The summed E-state index contributed by atoms with van der Waals surface area (Å²) in [7, 11) is 0. The SMILES string of the molecule is O=C(O)N1CC(C(=O)N2CC[C@@H](O)C2)C1. The van der Waals surface area contributed by atoms with E-state index >= 15 is 0 Å². The Hall–Kier alpha value is -1.30. The molecule has 0 aromatic carbocycles. The molecule has 15 heavy (non-hydrogen) atoms. The zero-order valence-electron chi connectivity index (χ0n) is 8.30. The fraction of sp³-hybridized carbons (Fsp3) is 0.778. The molecule has 0 aromatic heterocycles. The number of aliphatic hydroxyl groups is 1. The maximum absolute atomic E-state index is 11.7. The van der Waals surface area contributed by atoms with E-state index in [1.807, 2.05) is 0 Å². The van der Waals surface area contributed by atoms with Crippen molar-refractivity contribution in [3.63, 3.8) is 0 Å². The highest BCUT2D eigenvalue weighted by Crippen LogP contribution is 2.20. The maximum atomic E-state index is 11.7. The molecule has 2 rings (SSSR count). The molecule has 2 heterocycles. The van der Waals surface area contributed by atoms with Gasteiger partial charge in [0.2, 0.25) is 5.91 Å². The van der Waals surface area contributed by atoms with Gasteiger partial charge in [-0.25, -0.2) is 4.79 Å². The van der Waals surface area contributed by atoms with Gasteiger partial charge in [-0.1, -0.05) is 0 Å². The lowest BCUT2D eigenvalue weighted by Crippen LogP contribution is -2.55. The van der Waals surface area contributed by atoms with Crippen LogP contribution in [0.1, 0.15) is 6.42 Å². The first-order chi connectivity index (χ1) is 7.08. The van der Waals surface area contributed by atoms with Crippen LogP contribution in [0.15, 0.2) is 0 Å². The Bertz CT molecular complexity index is 288. The van der Waals surface area contributed by atoms with Gasteiger partial charge in [-0.05, 0) is 6.42 Å². The van der Waals surface area contributed by atoms with Crippen molar-refractivity contribution in [1.82, 2.24) is 9.80 Å². The molecule has 6 heteroatoms. The number of likely N-dealkylation sites (tertiary alicyclic amines) is 2. The highest BCUT2D eigenvalue weighted by molar-refractivity contribution is 5.82. The van der Waals surface area contributed by atoms with Crippen LogP contribution in [-0.4, -0.2) is 64.3 Å². The summed E-state index contributed by atoms with van der Waals surface area (Å²) in [5.74, 6) is -0.226. The molecule has 2 N–H and O–H groups in total. The second-order valence-corrected chi connectivity index (χ2v) is 4.11. The van der Waals surface area contributed by atoms with Crippen molar-refractivity contribution in [2.24, 2.45) is 5.92 Å². The standard InChI is InChI=1S/C9H14N2O4/c12-7-1-2-10(5-7)8(13)6-3-11(4-6)9(14)15/h6-7,12H,1-5H2,(H,14,15)/t7-/m1/s1. The van der Waals surface area contributed by atoms with E-state index in [0.717, 1.165) is 0 Å². The number of nitrogens with zero attached hydrogens (tertiary/aromatic N) is 2. The third-order valence-electron chi connectivity index (χ3n) is 2.98. The molecular weight excluding hydrogens is 200 g/mol. The lowest BCUT2D eigenvalue weighted by molar-refractivity contribution is -0.139. The molecular formula is C9H14N2O4. The summed E-state index contributed by atoms with van der Waals surface area (Å²) in [5.41, 5.74) is 0. The minimum absolute atomic E-state index is 0.0240. The molecule has 0 aliphatic carbocycles. The number of carbonyl (C=O) groups excluding carboxylic acids is 1. The number of carboxylic acid groups (broad SMARTS) is 1. The predicted molar refractivity (Wildman–Crippen MR) is 50.3 cm³/mol. The van der Waals surface area contributed by atoms with Gasteiger partial charge >= 0.3 is 6.09 Å². The number of β-amino-alcohol motifs (C(OH)–C–C–N with tert-alkyl or cyclic N) is 1. The van der Waals surface area contributed by atoms with Gasteiger partial charge in [0, 0.05) is 26.2 Å². The number of carbonyl (C=O) groups is 2. The van der Waals surface area contributed by atoms with E-state index in [9.17, 15) is 14.7 Å². The predicted octanol–water partition coefficient (Wildman–Crippen LogP) is -0.811. The van der Waals surface area contributed by atoms with Crippen molar-refractivity contribution in [3.05, 3.63) is 0 Å². The molecule has 2 aliphatic heterocycles. The lowest BCUT2D eigenvalue weighted by Gasteiger charge is -2.37. The van der Waals surface area contributed by atoms with Crippen molar-refractivity contribution in [3.8, 4) is 0 Å². The van der Waals surface area contributed by atoms with Crippen LogP contribution in [0.5, 0.6) is 0 Å². The number of aliphatic hydroxyl groups excluding tert-OH is 1. The van der Waals surface area contributed by atoms with Crippen molar-refractivity contribution in [2.45, 2.75) is 12.5 Å². The van der Waals surface area contributed by atoms with E-state index in [4.69, 9.17) is 5.11 Å². The summed E-state index contributed by atoms with van der Waals surface area (Å²) in [6, 6.07) is 0. The van der Waals surface area contributed by atoms with Gasteiger partial charge < -0.3 is 20.0 Å². The quantitative estimate of drug-likeness (QED) is 0.598. The number of hydrogen-bond donors (Lipinski definition) is 2. The monoisotopic (exact) mass is 214 g/mol. The van der Waals surface area contributed by atoms with Crippen molar-refractivity contribution < 1.29 is 19.8 Å². The Morgan fingerprint density at radius 2 is 1.80 bits per heavy atom. The molecule has 2 saturated heterocycles. The van der Waals surface area contributed by atoms with Crippen molar-refractivity contribution in [2.75, 3.05) is 26.2 Å². The molecule has 0 spiro atoms. The summed E-state index contributed by atoms with van der Waals surface area (Å²) >= 11 is 0. The minimum atomic E-state index is -0.972. The summed E-state index contributed by atoms with van der Waals surface area (Å²) in [4.78, 5) is 25.1. The largest absolute Gasteiger partial charge is 0.465 e. The van der Waals surface area contributed by atoms with Gasteiger partial charge in [0.05, 0.1) is 12.0 Å². The van der Waals surface area contributed by atoms with Crippen LogP contribution in [0, 0.1) is 5.92 Å². The average molecular weight is 214 g/mol. The van der Waals surface area contributed by atoms with Gasteiger partial charge in [-0.2, -0.15) is 0 Å². The molecule has 1 atom stereocenters. The maximum Gasteiger partial charge on any atom is 0.407 e. The summed E-state index contributed by atoms with van der Waals surface area (Å²) in [6.45, 7) is 1.56. The number of rotatable bonds is 1. The Balaban J connectivity index is 1.81. The Morgan fingerprint density at radius 3 is 2.27 bits per heavy atom. The topological polar surface area (TPSA) is 81.1 Å². The van der Waals surface area contributed by atoms with E-state index in [2.05, 4.69) is 0 Å². The van der Waals surface area contributed by atoms with E-state index in [1.165, 1.54) is 4.90 Å². The zero-order valence-corrected chi connectivity index (χ0v) is 8.30. The molecule has 2 aliphatic rings. The Labute approximate surface area is 87.1 Å². The smallest absolute Gasteiger partial charge is 0.407 e. The highest BCUT2D eigenvalue weighted by atomic mass is 16.4. The third kappa shape index (κ3) is 1.90. The van der Waals surface area contributed by atoms with Crippen LogP contribution < -0.4 is 0 Å². The van der Waals surface area contributed by atoms with Crippen LogP contribution in [0.3, 0.4) is 0 Å². The molecule has 0 aromatic rings. The zero-order chi connectivity index (χ0) is 11.0. The second kappa shape index (κ2) is 3.69. The van der Waals surface area contributed by atoms with Gasteiger partial charge in [-0.3, -0.25) is 4.79 Å². The second-order valence-electron chi connectivity index (χ2n) is 4.11. The summed E-state index contributed by atoms with van der Waals surface area (Å²) < 4.78 is 0. The van der Waals surface area contributed by atoms with E-state index in [1.54, 1.807) is 4.90 Å². The van der Waals surface area contributed by atoms with Crippen LogP contribution in [0.2, 0.25) is 0 Å². The minimum Gasteiger partial charge on any atom is -0.465 e. The molecule has 2 fully saturated rings. The lowest BCUT2D eigenvalue weighted by atomic mass is 9.99. The molecule has 84 valence electrons. The van der Waals surface area contributed by atoms with Gasteiger partial charge in [-0.15, -0.1) is 0 Å². The summed E-state index contributed by atoms with van der Waals surface area (Å²) in [6.07, 6.45) is -0.758. The first-order valence-electron chi connectivity index (χ1n) is 5.02.